The highest BCUT2D eigenvalue weighted by atomic mass is 16.5. The van der Waals surface area contributed by atoms with E-state index >= 15 is 0 Å². The highest BCUT2D eigenvalue weighted by Crippen LogP contribution is 2.27. The fourth-order valence-electron chi connectivity index (χ4n) is 3.13. The van der Waals surface area contributed by atoms with Gasteiger partial charge in [0.15, 0.2) is 0 Å². The van der Waals surface area contributed by atoms with Gasteiger partial charge >= 0.3 is 6.03 Å². The zero-order chi connectivity index (χ0) is 18.5. The molecule has 1 aliphatic rings. The molecular weight excluding hydrogens is 328 g/mol. The number of rotatable bonds is 4. The molecule has 0 aromatic heterocycles. The average Bonchev–Trinajstić information content (AvgIpc) is 2.62. The summed E-state index contributed by atoms with van der Waals surface area (Å²) >= 11 is 0. The van der Waals surface area contributed by atoms with Crippen LogP contribution in [-0.2, 0) is 11.3 Å². The molecule has 1 fully saturated rings. The van der Waals surface area contributed by atoms with Crippen molar-refractivity contribution in [1.82, 2.24) is 4.90 Å². The zero-order valence-electron chi connectivity index (χ0n) is 15.6. The number of carbonyl (C=O) groups excluding carboxylic acids is 1. The topological polar surface area (TPSA) is 50.8 Å². The predicted molar refractivity (Wildman–Crippen MR) is 103 cm³/mol. The molecular formula is C21H26N2O3. The second-order valence-electron chi connectivity index (χ2n) is 6.87. The monoisotopic (exact) mass is 354 g/mol. The lowest BCUT2D eigenvalue weighted by Crippen LogP contribution is -2.49. The van der Waals surface area contributed by atoms with Crippen LogP contribution in [0, 0.1) is 6.92 Å². The van der Waals surface area contributed by atoms with Crippen LogP contribution in [0.25, 0.3) is 0 Å². The summed E-state index contributed by atoms with van der Waals surface area (Å²) in [6, 6.07) is 15.7. The zero-order valence-corrected chi connectivity index (χ0v) is 15.6. The second-order valence-corrected chi connectivity index (χ2v) is 6.87. The molecule has 2 aromatic rings. The molecule has 0 saturated carbocycles. The SMILES string of the molecule is Cc1ccc(NC(=O)N2CC(C)OC(C)C2)c(OCc2ccccc2)c1. The maximum Gasteiger partial charge on any atom is 0.322 e. The third-order valence-corrected chi connectivity index (χ3v) is 4.32. The first-order valence-electron chi connectivity index (χ1n) is 9.00. The fourth-order valence-corrected chi connectivity index (χ4v) is 3.13. The Kier molecular flexibility index (Phi) is 5.78. The van der Waals surface area contributed by atoms with Crippen LogP contribution in [-0.4, -0.2) is 36.2 Å². The summed E-state index contributed by atoms with van der Waals surface area (Å²) in [4.78, 5) is 14.5. The number of ether oxygens (including phenoxy) is 2. The molecule has 26 heavy (non-hydrogen) atoms. The number of carbonyl (C=O) groups is 1. The van der Waals surface area contributed by atoms with Gasteiger partial charge in [0.2, 0.25) is 0 Å². The molecule has 2 aromatic carbocycles. The molecule has 0 aliphatic carbocycles. The Morgan fingerprint density at radius 2 is 1.85 bits per heavy atom. The van der Waals surface area contributed by atoms with Crippen LogP contribution >= 0.6 is 0 Å². The summed E-state index contributed by atoms with van der Waals surface area (Å²) in [5, 5.41) is 2.99. The smallest absolute Gasteiger partial charge is 0.322 e. The summed E-state index contributed by atoms with van der Waals surface area (Å²) in [5.74, 6) is 0.677. The molecule has 0 radical (unpaired) electrons. The highest BCUT2D eigenvalue weighted by molar-refractivity contribution is 5.91. The van der Waals surface area contributed by atoms with Crippen molar-refractivity contribution < 1.29 is 14.3 Å². The van der Waals surface area contributed by atoms with Gasteiger partial charge in [0.1, 0.15) is 12.4 Å². The van der Waals surface area contributed by atoms with Gasteiger partial charge in [0.25, 0.3) is 0 Å². The molecule has 1 aliphatic heterocycles. The van der Waals surface area contributed by atoms with Crippen molar-refractivity contribution >= 4 is 11.7 Å². The number of nitrogens with zero attached hydrogens (tertiary/aromatic N) is 1. The van der Waals surface area contributed by atoms with Gasteiger partial charge in [-0.3, -0.25) is 0 Å². The number of hydrogen-bond acceptors (Lipinski definition) is 3. The van der Waals surface area contributed by atoms with Crippen LogP contribution in [0.4, 0.5) is 10.5 Å². The molecule has 1 N–H and O–H groups in total. The van der Waals surface area contributed by atoms with Crippen molar-refractivity contribution in [2.45, 2.75) is 39.6 Å². The Morgan fingerprint density at radius 1 is 1.15 bits per heavy atom. The van der Waals surface area contributed by atoms with Gasteiger partial charge < -0.3 is 19.7 Å². The predicted octanol–water partition coefficient (Wildman–Crippen LogP) is 4.22. The number of hydrogen-bond donors (Lipinski definition) is 1. The van der Waals surface area contributed by atoms with E-state index in [4.69, 9.17) is 9.47 Å². The highest BCUT2D eigenvalue weighted by Gasteiger charge is 2.26. The third-order valence-electron chi connectivity index (χ3n) is 4.32. The van der Waals surface area contributed by atoms with Crippen molar-refractivity contribution in [3.05, 3.63) is 59.7 Å². The quantitative estimate of drug-likeness (QED) is 0.894. The Bertz CT molecular complexity index is 738. The van der Waals surface area contributed by atoms with Gasteiger partial charge in [0.05, 0.1) is 17.9 Å². The van der Waals surface area contributed by atoms with E-state index in [1.165, 1.54) is 0 Å². The van der Waals surface area contributed by atoms with Crippen LogP contribution in [0.1, 0.15) is 25.0 Å². The lowest BCUT2D eigenvalue weighted by atomic mass is 10.2. The van der Waals surface area contributed by atoms with Crippen molar-refractivity contribution in [3.8, 4) is 5.75 Å². The third kappa shape index (κ3) is 4.76. The van der Waals surface area contributed by atoms with Crippen molar-refractivity contribution in [2.24, 2.45) is 0 Å². The molecule has 2 atom stereocenters. The maximum atomic E-state index is 12.7. The summed E-state index contributed by atoms with van der Waals surface area (Å²) in [7, 11) is 0. The largest absolute Gasteiger partial charge is 0.487 e. The second kappa shape index (κ2) is 8.23. The Morgan fingerprint density at radius 3 is 2.54 bits per heavy atom. The number of urea groups is 1. The Balaban J connectivity index is 1.70. The van der Waals surface area contributed by atoms with Gasteiger partial charge in [-0.25, -0.2) is 4.79 Å². The van der Waals surface area contributed by atoms with E-state index in [0.717, 1.165) is 11.1 Å². The van der Waals surface area contributed by atoms with Gasteiger partial charge in [-0.15, -0.1) is 0 Å². The molecule has 1 saturated heterocycles. The van der Waals surface area contributed by atoms with Crippen LogP contribution in [0.2, 0.25) is 0 Å². The number of amides is 2. The standard InChI is InChI=1S/C21H26N2O3/c1-15-9-10-19(20(11-15)25-14-18-7-5-4-6-8-18)22-21(24)23-12-16(2)26-17(3)13-23/h4-11,16-17H,12-14H2,1-3H3,(H,22,24). The molecule has 0 spiro atoms. The van der Waals surface area contributed by atoms with Crippen molar-refractivity contribution in [1.29, 1.82) is 0 Å². The van der Waals surface area contributed by atoms with Crippen molar-refractivity contribution in [2.75, 3.05) is 18.4 Å². The van der Waals surface area contributed by atoms with E-state index < -0.39 is 0 Å². The number of aryl methyl sites for hydroxylation is 1. The number of nitrogens with one attached hydrogen (secondary N) is 1. The van der Waals surface area contributed by atoms with E-state index in [9.17, 15) is 4.79 Å². The molecule has 1 heterocycles. The number of anilines is 1. The van der Waals surface area contributed by atoms with E-state index in [2.05, 4.69) is 5.32 Å². The number of morpholine rings is 1. The molecule has 138 valence electrons. The minimum atomic E-state index is -0.125. The van der Waals surface area contributed by atoms with E-state index in [1.54, 1.807) is 4.90 Å². The van der Waals surface area contributed by atoms with Crippen LogP contribution in [0.15, 0.2) is 48.5 Å². The van der Waals surface area contributed by atoms with Gasteiger partial charge in [0, 0.05) is 13.1 Å². The molecule has 5 nitrogen and oxygen atoms in total. The molecule has 5 heteroatoms. The van der Waals surface area contributed by atoms with Crippen molar-refractivity contribution in [3.63, 3.8) is 0 Å². The first-order chi connectivity index (χ1) is 12.5. The minimum absolute atomic E-state index is 0.0383. The maximum absolute atomic E-state index is 12.7. The van der Waals surface area contributed by atoms with Crippen LogP contribution in [0.3, 0.4) is 0 Å². The van der Waals surface area contributed by atoms with Gasteiger partial charge in [-0.2, -0.15) is 0 Å². The van der Waals surface area contributed by atoms with Gasteiger partial charge in [-0.1, -0.05) is 36.4 Å². The summed E-state index contributed by atoms with van der Waals surface area (Å²) in [6.45, 7) is 7.60. The Labute approximate surface area is 154 Å². The lowest BCUT2D eigenvalue weighted by Gasteiger charge is -2.35. The molecule has 3 rings (SSSR count). The normalized spacial score (nSPS) is 19.9. The van der Waals surface area contributed by atoms with Gasteiger partial charge in [-0.05, 0) is 44.0 Å². The number of benzene rings is 2. The van der Waals surface area contributed by atoms with E-state index in [0.29, 0.717) is 31.1 Å². The summed E-state index contributed by atoms with van der Waals surface area (Å²) in [6.07, 6.45) is 0.0765. The minimum Gasteiger partial charge on any atom is -0.487 e. The fraction of sp³-hybridized carbons (Fsp3) is 0.381. The Hall–Kier alpha value is -2.53. The first-order valence-corrected chi connectivity index (χ1v) is 9.00. The average molecular weight is 354 g/mol. The summed E-state index contributed by atoms with van der Waals surface area (Å²) in [5.41, 5.74) is 2.85. The molecule has 0 bridgehead atoms. The first kappa shape index (κ1) is 18.3. The molecule has 2 amide bonds. The van der Waals surface area contributed by atoms with E-state index in [-0.39, 0.29) is 18.2 Å². The molecule has 2 unspecified atom stereocenters. The lowest BCUT2D eigenvalue weighted by molar-refractivity contribution is -0.0530. The van der Waals surface area contributed by atoms with Crippen LogP contribution in [0.5, 0.6) is 5.75 Å². The van der Waals surface area contributed by atoms with Crippen LogP contribution < -0.4 is 10.1 Å². The van der Waals surface area contributed by atoms with E-state index in [1.807, 2.05) is 69.3 Å². The summed E-state index contributed by atoms with van der Waals surface area (Å²) < 4.78 is 11.7.